The monoisotopic (exact) mass is 373 g/mol. The van der Waals surface area contributed by atoms with Gasteiger partial charge in [0.2, 0.25) is 5.91 Å². The summed E-state index contributed by atoms with van der Waals surface area (Å²) in [5.74, 6) is 0.887. The van der Waals surface area contributed by atoms with E-state index < -0.39 is 0 Å². The molecule has 0 saturated carbocycles. The molecule has 1 N–H and O–H groups in total. The summed E-state index contributed by atoms with van der Waals surface area (Å²) in [7, 11) is 1.69. The van der Waals surface area contributed by atoms with Crippen LogP contribution in [0.1, 0.15) is 5.56 Å². The second-order valence-corrected chi connectivity index (χ2v) is 6.88. The topological polar surface area (TPSA) is 44.8 Å². The minimum absolute atomic E-state index is 0.00108. The van der Waals surface area contributed by atoms with Crippen LogP contribution < -0.4 is 15.0 Å². The van der Waals surface area contributed by atoms with Gasteiger partial charge in [-0.3, -0.25) is 9.69 Å². The van der Waals surface area contributed by atoms with Crippen LogP contribution in [0.3, 0.4) is 0 Å². The fraction of sp³-hybridized carbons (Fsp3) is 0.350. The Hall–Kier alpha value is -2.24. The van der Waals surface area contributed by atoms with Gasteiger partial charge in [-0.25, -0.2) is 0 Å². The number of para-hydroxylation sites is 2. The first-order chi connectivity index (χ1) is 12.6. The van der Waals surface area contributed by atoms with Gasteiger partial charge in [0.25, 0.3) is 0 Å². The number of ether oxygens (including phenoxy) is 1. The van der Waals surface area contributed by atoms with Crippen LogP contribution in [0, 0.1) is 6.92 Å². The normalized spacial score (nSPS) is 15.0. The Morgan fingerprint density at radius 3 is 2.58 bits per heavy atom. The minimum Gasteiger partial charge on any atom is -0.495 e. The largest absolute Gasteiger partial charge is 0.495 e. The molecular weight excluding hydrogens is 350 g/mol. The molecule has 0 bridgehead atoms. The van der Waals surface area contributed by atoms with E-state index in [9.17, 15) is 4.79 Å². The van der Waals surface area contributed by atoms with Crippen molar-refractivity contribution in [1.29, 1.82) is 0 Å². The van der Waals surface area contributed by atoms with Crippen molar-refractivity contribution in [1.82, 2.24) is 4.90 Å². The highest BCUT2D eigenvalue weighted by Gasteiger charge is 2.21. The number of carbonyl (C=O) groups excluding carboxylic acids is 1. The molecule has 0 radical (unpaired) electrons. The van der Waals surface area contributed by atoms with Gasteiger partial charge in [-0.05, 0) is 42.8 Å². The van der Waals surface area contributed by atoms with E-state index in [2.05, 4.69) is 21.2 Å². The van der Waals surface area contributed by atoms with Gasteiger partial charge in [0.1, 0.15) is 5.75 Å². The van der Waals surface area contributed by atoms with Crippen molar-refractivity contribution in [3.8, 4) is 5.75 Å². The van der Waals surface area contributed by atoms with Crippen LogP contribution in [0.2, 0.25) is 5.02 Å². The number of nitrogens with zero attached hydrogens (tertiary/aromatic N) is 2. The third-order valence-electron chi connectivity index (χ3n) is 4.63. The van der Waals surface area contributed by atoms with E-state index in [-0.39, 0.29) is 5.91 Å². The smallest absolute Gasteiger partial charge is 0.238 e. The highest BCUT2D eigenvalue weighted by Crippen LogP contribution is 2.28. The van der Waals surface area contributed by atoms with E-state index in [1.807, 2.05) is 37.3 Å². The molecule has 3 rings (SSSR count). The molecule has 1 amide bonds. The number of benzene rings is 2. The predicted octanol–water partition coefficient (Wildman–Crippen LogP) is 3.42. The summed E-state index contributed by atoms with van der Waals surface area (Å²) in [5, 5.41) is 3.65. The number of methoxy groups -OCH3 is 1. The predicted molar refractivity (Wildman–Crippen MR) is 106 cm³/mol. The van der Waals surface area contributed by atoms with Gasteiger partial charge in [-0.1, -0.05) is 23.7 Å². The molecule has 1 aliphatic rings. The first kappa shape index (κ1) is 18.5. The fourth-order valence-electron chi connectivity index (χ4n) is 3.20. The summed E-state index contributed by atoms with van der Waals surface area (Å²) >= 11 is 5.96. The number of piperazine rings is 1. The van der Waals surface area contributed by atoms with Crippen LogP contribution in [-0.4, -0.2) is 50.6 Å². The zero-order chi connectivity index (χ0) is 18.5. The zero-order valence-corrected chi connectivity index (χ0v) is 15.9. The third-order valence-corrected chi connectivity index (χ3v) is 4.86. The lowest BCUT2D eigenvalue weighted by Crippen LogP contribution is -2.48. The minimum atomic E-state index is 0.00108. The summed E-state index contributed by atoms with van der Waals surface area (Å²) in [6.07, 6.45) is 0. The van der Waals surface area contributed by atoms with Crippen LogP contribution in [0.4, 0.5) is 11.4 Å². The van der Waals surface area contributed by atoms with Gasteiger partial charge in [0, 0.05) is 36.9 Å². The van der Waals surface area contributed by atoms with Crippen LogP contribution in [0.5, 0.6) is 5.75 Å². The van der Waals surface area contributed by atoms with Crippen LogP contribution in [-0.2, 0) is 4.79 Å². The molecule has 138 valence electrons. The van der Waals surface area contributed by atoms with Gasteiger partial charge < -0.3 is 15.0 Å². The molecule has 1 saturated heterocycles. The summed E-state index contributed by atoms with van der Waals surface area (Å²) in [6.45, 7) is 5.74. The summed E-state index contributed by atoms with van der Waals surface area (Å²) in [4.78, 5) is 16.8. The number of halogens is 1. The van der Waals surface area contributed by atoms with Gasteiger partial charge >= 0.3 is 0 Å². The van der Waals surface area contributed by atoms with Gasteiger partial charge in [-0.15, -0.1) is 0 Å². The lowest BCUT2D eigenvalue weighted by molar-refractivity contribution is -0.117. The first-order valence-corrected chi connectivity index (χ1v) is 9.11. The van der Waals surface area contributed by atoms with Crippen molar-refractivity contribution < 1.29 is 9.53 Å². The van der Waals surface area contributed by atoms with Crippen molar-refractivity contribution in [3.05, 3.63) is 53.1 Å². The quantitative estimate of drug-likeness (QED) is 0.872. The second kappa shape index (κ2) is 8.43. The van der Waals surface area contributed by atoms with Gasteiger partial charge in [-0.2, -0.15) is 0 Å². The number of aryl methyl sites for hydroxylation is 1. The van der Waals surface area contributed by atoms with E-state index in [0.717, 1.165) is 48.9 Å². The van der Waals surface area contributed by atoms with Gasteiger partial charge in [0.15, 0.2) is 0 Å². The number of rotatable bonds is 5. The van der Waals surface area contributed by atoms with Crippen molar-refractivity contribution >= 4 is 28.9 Å². The first-order valence-electron chi connectivity index (χ1n) is 8.73. The molecule has 6 heteroatoms. The molecule has 2 aromatic rings. The van der Waals surface area contributed by atoms with Crippen molar-refractivity contribution in [2.24, 2.45) is 0 Å². The number of amides is 1. The van der Waals surface area contributed by atoms with E-state index >= 15 is 0 Å². The van der Waals surface area contributed by atoms with Crippen LogP contribution >= 0.6 is 11.6 Å². The fourth-order valence-corrected chi connectivity index (χ4v) is 3.42. The molecule has 0 atom stereocenters. The number of hydrogen-bond acceptors (Lipinski definition) is 4. The molecule has 1 fully saturated rings. The summed E-state index contributed by atoms with van der Waals surface area (Å²) in [6, 6.07) is 13.5. The molecule has 0 aromatic heterocycles. The molecule has 1 aliphatic heterocycles. The van der Waals surface area contributed by atoms with E-state index in [1.165, 1.54) is 0 Å². The van der Waals surface area contributed by atoms with Crippen LogP contribution in [0.15, 0.2) is 42.5 Å². The number of anilines is 2. The zero-order valence-electron chi connectivity index (χ0n) is 15.2. The van der Waals surface area contributed by atoms with Crippen LogP contribution in [0.25, 0.3) is 0 Å². The maximum absolute atomic E-state index is 12.4. The Labute approximate surface area is 159 Å². The van der Waals surface area contributed by atoms with Crippen molar-refractivity contribution in [2.75, 3.05) is 50.1 Å². The summed E-state index contributed by atoms with van der Waals surface area (Å²) < 4.78 is 5.45. The van der Waals surface area contributed by atoms with E-state index in [4.69, 9.17) is 16.3 Å². The Morgan fingerprint density at radius 1 is 1.15 bits per heavy atom. The molecule has 26 heavy (non-hydrogen) atoms. The van der Waals surface area contributed by atoms with E-state index in [1.54, 1.807) is 13.2 Å². The highest BCUT2D eigenvalue weighted by atomic mass is 35.5. The molecule has 5 nitrogen and oxygen atoms in total. The van der Waals surface area contributed by atoms with Crippen molar-refractivity contribution in [2.45, 2.75) is 6.92 Å². The Morgan fingerprint density at radius 2 is 1.88 bits per heavy atom. The third kappa shape index (κ3) is 4.48. The SMILES string of the molecule is COc1ccccc1N1CCN(CC(=O)Nc2ccc(Cl)cc2C)CC1. The van der Waals surface area contributed by atoms with E-state index in [0.29, 0.717) is 11.6 Å². The molecule has 0 unspecified atom stereocenters. The standard InChI is InChI=1S/C20H24ClN3O2/c1-15-13-16(21)7-8-17(15)22-20(25)14-23-9-11-24(12-10-23)18-5-3-4-6-19(18)26-2/h3-8,13H,9-12,14H2,1-2H3,(H,22,25). The lowest BCUT2D eigenvalue weighted by Gasteiger charge is -2.36. The maximum atomic E-state index is 12.4. The summed E-state index contributed by atoms with van der Waals surface area (Å²) in [5.41, 5.74) is 2.88. The second-order valence-electron chi connectivity index (χ2n) is 6.44. The highest BCUT2D eigenvalue weighted by molar-refractivity contribution is 6.30. The number of carbonyl (C=O) groups is 1. The molecule has 0 spiro atoms. The van der Waals surface area contributed by atoms with Crippen molar-refractivity contribution in [3.63, 3.8) is 0 Å². The number of nitrogens with one attached hydrogen (secondary N) is 1. The molecular formula is C20H24ClN3O2. The Kier molecular flexibility index (Phi) is 6.01. The lowest BCUT2D eigenvalue weighted by atomic mass is 10.2. The maximum Gasteiger partial charge on any atom is 0.238 e. The average molecular weight is 374 g/mol. The van der Waals surface area contributed by atoms with Gasteiger partial charge in [0.05, 0.1) is 19.3 Å². The average Bonchev–Trinajstić information content (AvgIpc) is 2.64. The Bertz CT molecular complexity index is 773. The number of hydrogen-bond donors (Lipinski definition) is 1. The molecule has 2 aromatic carbocycles. The Balaban J connectivity index is 1.53. The molecule has 0 aliphatic carbocycles. The molecule has 1 heterocycles.